The predicted molar refractivity (Wildman–Crippen MR) is 151 cm³/mol. The molecule has 212 valence electrons. The number of nitrogens with one attached hydrogen (secondary N) is 1. The summed E-state index contributed by atoms with van der Waals surface area (Å²) >= 11 is 6.70. The van der Waals surface area contributed by atoms with Crippen LogP contribution in [0.4, 0.5) is 4.79 Å². The summed E-state index contributed by atoms with van der Waals surface area (Å²) in [5.74, 6) is 0.822. The van der Waals surface area contributed by atoms with Gasteiger partial charge >= 0.3 is 6.09 Å². The number of carbonyl (C=O) groups excluding carboxylic acids is 1. The molecule has 2 aromatic carbocycles. The van der Waals surface area contributed by atoms with Crippen LogP contribution in [0.25, 0.3) is 0 Å². The smallest absolute Gasteiger partial charge is 0.404 e. The average Bonchev–Trinajstić information content (AvgIpc) is 3.38. The minimum absolute atomic E-state index is 0.0652. The normalized spacial score (nSPS) is 22.8. The molecule has 39 heavy (non-hydrogen) atoms. The lowest BCUT2D eigenvalue weighted by molar-refractivity contribution is -0.141. The van der Waals surface area contributed by atoms with Crippen molar-refractivity contribution in [2.75, 3.05) is 19.6 Å². The lowest BCUT2D eigenvalue weighted by Gasteiger charge is -2.44. The SMILES string of the molecule is CCc1ccccc1Oc1c(Cl)cccc1C(O)(CCCNC(=O)O)[C@@H]1CCCN(C(=O)[C@@H]2CC[C@H](N)C2)C1. The summed E-state index contributed by atoms with van der Waals surface area (Å²) in [6.07, 6.45) is 4.19. The number of halogens is 1. The maximum absolute atomic E-state index is 13.4. The molecule has 8 nitrogen and oxygen atoms in total. The number of hydrogen-bond donors (Lipinski definition) is 4. The first-order chi connectivity index (χ1) is 18.7. The molecule has 1 unspecified atom stereocenters. The van der Waals surface area contributed by atoms with Gasteiger partial charge in [-0.2, -0.15) is 0 Å². The van der Waals surface area contributed by atoms with Crippen molar-refractivity contribution in [3.63, 3.8) is 0 Å². The lowest BCUT2D eigenvalue weighted by atomic mass is 9.73. The Morgan fingerprint density at radius 1 is 1.18 bits per heavy atom. The highest BCUT2D eigenvalue weighted by Crippen LogP contribution is 2.47. The number of amides is 2. The van der Waals surface area contributed by atoms with Gasteiger partial charge < -0.3 is 30.9 Å². The molecule has 0 aromatic heterocycles. The summed E-state index contributed by atoms with van der Waals surface area (Å²) < 4.78 is 6.42. The van der Waals surface area contributed by atoms with Crippen LogP contribution in [-0.4, -0.2) is 52.8 Å². The number of likely N-dealkylation sites (tertiary alicyclic amines) is 1. The van der Waals surface area contributed by atoms with Gasteiger partial charge in [0.15, 0.2) is 5.75 Å². The van der Waals surface area contributed by atoms with Gasteiger partial charge in [0.1, 0.15) is 5.75 Å². The average molecular weight is 558 g/mol. The molecule has 2 fully saturated rings. The van der Waals surface area contributed by atoms with Crippen LogP contribution in [0.5, 0.6) is 11.5 Å². The van der Waals surface area contributed by atoms with Crippen molar-refractivity contribution < 1.29 is 24.5 Å². The van der Waals surface area contributed by atoms with E-state index in [9.17, 15) is 14.7 Å². The van der Waals surface area contributed by atoms with E-state index in [0.717, 1.165) is 31.2 Å². The Bertz CT molecular complexity index is 1160. The highest BCUT2D eigenvalue weighted by Gasteiger charge is 2.44. The van der Waals surface area contributed by atoms with Crippen LogP contribution in [0.15, 0.2) is 42.5 Å². The van der Waals surface area contributed by atoms with Crippen LogP contribution in [0.2, 0.25) is 5.02 Å². The number of carboxylic acid groups (broad SMARTS) is 1. The Hall–Kier alpha value is -2.81. The van der Waals surface area contributed by atoms with Gasteiger partial charge in [-0.25, -0.2) is 4.79 Å². The predicted octanol–water partition coefficient (Wildman–Crippen LogP) is 5.30. The number of aliphatic hydroxyl groups is 1. The largest absolute Gasteiger partial charge is 0.465 e. The highest BCUT2D eigenvalue weighted by molar-refractivity contribution is 6.32. The Labute approximate surface area is 235 Å². The summed E-state index contributed by atoms with van der Waals surface area (Å²) in [6, 6.07) is 13.2. The van der Waals surface area contributed by atoms with Crippen molar-refractivity contribution in [1.29, 1.82) is 0 Å². The van der Waals surface area contributed by atoms with Gasteiger partial charge in [-0.15, -0.1) is 0 Å². The second kappa shape index (κ2) is 13.0. The van der Waals surface area contributed by atoms with Crippen LogP contribution in [-0.2, 0) is 16.8 Å². The molecule has 1 heterocycles. The van der Waals surface area contributed by atoms with Crippen molar-refractivity contribution >= 4 is 23.6 Å². The monoisotopic (exact) mass is 557 g/mol. The lowest BCUT2D eigenvalue weighted by Crippen LogP contribution is -2.49. The standard InChI is InChI=1S/C30H40ClN3O5/c1-2-20-8-3-4-12-26(20)39-27-24(10-5-11-25(27)31)30(38,15-7-16-33-29(36)37)22-9-6-17-34(19-22)28(35)21-13-14-23(32)18-21/h3-5,8,10-12,21-23,33,38H,2,6-7,9,13-19,32H2,1H3,(H,36,37)/t21-,22-,23+,30?/m1/s1. The van der Waals surface area contributed by atoms with Gasteiger partial charge in [0.05, 0.1) is 10.6 Å². The molecule has 4 atom stereocenters. The van der Waals surface area contributed by atoms with Gasteiger partial charge in [0.2, 0.25) is 5.91 Å². The third-order valence-corrected chi connectivity index (χ3v) is 8.54. The van der Waals surface area contributed by atoms with E-state index in [4.69, 9.17) is 27.2 Å². The molecule has 2 amide bonds. The topological polar surface area (TPSA) is 125 Å². The van der Waals surface area contributed by atoms with Crippen LogP contribution >= 0.6 is 11.6 Å². The molecule has 0 bridgehead atoms. The summed E-state index contributed by atoms with van der Waals surface area (Å²) in [6.45, 7) is 3.31. The third-order valence-electron chi connectivity index (χ3n) is 8.24. The maximum Gasteiger partial charge on any atom is 0.404 e. The zero-order chi connectivity index (χ0) is 28.0. The molecule has 0 spiro atoms. The molecular weight excluding hydrogens is 518 g/mol. The van der Waals surface area contributed by atoms with E-state index in [0.29, 0.717) is 54.4 Å². The van der Waals surface area contributed by atoms with Gasteiger partial charge in [0.25, 0.3) is 0 Å². The Morgan fingerprint density at radius 2 is 1.97 bits per heavy atom. The van der Waals surface area contributed by atoms with E-state index < -0.39 is 11.7 Å². The van der Waals surface area contributed by atoms with E-state index in [2.05, 4.69) is 5.32 Å². The summed E-state index contributed by atoms with van der Waals surface area (Å²) in [5, 5.41) is 24.3. The molecule has 5 N–H and O–H groups in total. The zero-order valence-electron chi connectivity index (χ0n) is 22.6. The number of ether oxygens (including phenoxy) is 1. The number of nitrogens with zero attached hydrogens (tertiary/aromatic N) is 1. The fourth-order valence-corrected chi connectivity index (χ4v) is 6.35. The zero-order valence-corrected chi connectivity index (χ0v) is 23.3. The number of nitrogens with two attached hydrogens (primary N) is 1. The summed E-state index contributed by atoms with van der Waals surface area (Å²) in [5.41, 5.74) is 6.26. The quantitative estimate of drug-likeness (QED) is 0.294. The molecule has 1 saturated carbocycles. The number of piperidine rings is 1. The van der Waals surface area contributed by atoms with Crippen molar-refractivity contribution in [3.8, 4) is 11.5 Å². The molecule has 2 aliphatic rings. The van der Waals surface area contributed by atoms with E-state index in [1.165, 1.54) is 0 Å². The van der Waals surface area contributed by atoms with Crippen molar-refractivity contribution in [2.45, 2.75) is 69.9 Å². The Kier molecular flexibility index (Phi) is 9.75. The Balaban J connectivity index is 1.67. The fraction of sp³-hybridized carbons (Fsp3) is 0.533. The van der Waals surface area contributed by atoms with Gasteiger partial charge in [-0.1, -0.05) is 48.9 Å². The van der Waals surface area contributed by atoms with E-state index in [1.807, 2.05) is 42.2 Å². The minimum atomic E-state index is -1.40. The number of carbonyl (C=O) groups is 2. The molecule has 1 aliphatic carbocycles. The third kappa shape index (κ3) is 6.86. The van der Waals surface area contributed by atoms with E-state index in [-0.39, 0.29) is 36.8 Å². The first kappa shape index (κ1) is 29.2. The Morgan fingerprint density at radius 3 is 2.69 bits per heavy atom. The molecule has 1 saturated heterocycles. The van der Waals surface area contributed by atoms with Crippen molar-refractivity contribution in [2.24, 2.45) is 17.6 Å². The van der Waals surface area contributed by atoms with Gasteiger partial charge in [-0.05, 0) is 69.1 Å². The van der Waals surface area contributed by atoms with E-state index in [1.54, 1.807) is 12.1 Å². The summed E-state index contributed by atoms with van der Waals surface area (Å²) in [7, 11) is 0. The minimum Gasteiger partial charge on any atom is -0.465 e. The second-order valence-electron chi connectivity index (χ2n) is 10.8. The molecule has 4 rings (SSSR count). The molecule has 0 radical (unpaired) electrons. The molecule has 1 aliphatic heterocycles. The van der Waals surface area contributed by atoms with Crippen molar-refractivity contribution in [3.05, 3.63) is 58.6 Å². The van der Waals surface area contributed by atoms with Crippen LogP contribution in [0.3, 0.4) is 0 Å². The molecule has 2 aromatic rings. The number of hydrogen-bond acceptors (Lipinski definition) is 5. The van der Waals surface area contributed by atoms with Crippen LogP contribution in [0, 0.1) is 11.8 Å². The van der Waals surface area contributed by atoms with Gasteiger partial charge in [0, 0.05) is 43.1 Å². The van der Waals surface area contributed by atoms with E-state index >= 15 is 0 Å². The number of aryl methyl sites for hydroxylation is 1. The highest BCUT2D eigenvalue weighted by atomic mass is 35.5. The first-order valence-electron chi connectivity index (χ1n) is 14.0. The fourth-order valence-electron chi connectivity index (χ4n) is 6.14. The van der Waals surface area contributed by atoms with Crippen molar-refractivity contribution in [1.82, 2.24) is 10.2 Å². The maximum atomic E-state index is 13.4. The molecule has 9 heteroatoms. The first-order valence-corrected chi connectivity index (χ1v) is 14.4. The van der Waals surface area contributed by atoms with Crippen LogP contribution in [0.1, 0.15) is 63.0 Å². The number of rotatable bonds is 10. The molecular formula is C30H40ClN3O5. The number of para-hydroxylation sites is 2. The van der Waals surface area contributed by atoms with Crippen LogP contribution < -0.4 is 15.8 Å². The second-order valence-corrected chi connectivity index (χ2v) is 11.2. The van der Waals surface area contributed by atoms with Gasteiger partial charge in [-0.3, -0.25) is 4.79 Å². The summed E-state index contributed by atoms with van der Waals surface area (Å²) in [4.78, 5) is 26.3. The number of benzene rings is 2.